The third-order valence-corrected chi connectivity index (χ3v) is 3.37. The van der Waals surface area contributed by atoms with Crippen LogP contribution < -0.4 is 5.73 Å². The summed E-state index contributed by atoms with van der Waals surface area (Å²) >= 11 is 0. The van der Waals surface area contributed by atoms with Crippen molar-refractivity contribution in [3.05, 3.63) is 0 Å². The normalized spacial score (nSPS) is 24.4. The molecule has 15 heavy (non-hydrogen) atoms. The van der Waals surface area contributed by atoms with Crippen LogP contribution in [0, 0.1) is 5.92 Å². The summed E-state index contributed by atoms with van der Waals surface area (Å²) in [5.74, 6) is 0.780. The van der Waals surface area contributed by atoms with E-state index in [4.69, 9.17) is 5.73 Å². The van der Waals surface area contributed by atoms with E-state index in [2.05, 4.69) is 37.5 Å². The second kappa shape index (κ2) is 5.83. The zero-order valence-corrected chi connectivity index (χ0v) is 10.7. The van der Waals surface area contributed by atoms with Gasteiger partial charge in [-0.05, 0) is 19.8 Å². The van der Waals surface area contributed by atoms with Crippen molar-refractivity contribution in [1.82, 2.24) is 9.80 Å². The Bertz CT molecular complexity index is 172. The molecule has 0 radical (unpaired) electrons. The van der Waals surface area contributed by atoms with Gasteiger partial charge in [0, 0.05) is 44.8 Å². The van der Waals surface area contributed by atoms with Gasteiger partial charge in [0.2, 0.25) is 0 Å². The molecular weight excluding hydrogens is 186 g/mol. The Kier molecular flexibility index (Phi) is 5.03. The summed E-state index contributed by atoms with van der Waals surface area (Å²) in [4.78, 5) is 5.08. The van der Waals surface area contributed by atoms with Gasteiger partial charge in [0.05, 0.1) is 0 Å². The van der Waals surface area contributed by atoms with E-state index in [0.717, 1.165) is 5.92 Å². The number of nitrogens with two attached hydrogens (primary N) is 1. The molecule has 0 saturated carbocycles. The number of piperazine rings is 1. The predicted octanol–water partition coefficient (Wildman–Crippen LogP) is 0.996. The Hall–Kier alpha value is -0.120. The first-order chi connectivity index (χ1) is 7.00. The van der Waals surface area contributed by atoms with Crippen LogP contribution in [0.3, 0.4) is 0 Å². The Morgan fingerprint density at radius 2 is 1.53 bits per heavy atom. The molecule has 0 aromatic rings. The Morgan fingerprint density at radius 1 is 1.00 bits per heavy atom. The van der Waals surface area contributed by atoms with E-state index in [-0.39, 0.29) is 6.04 Å². The van der Waals surface area contributed by atoms with Crippen LogP contribution >= 0.6 is 0 Å². The van der Waals surface area contributed by atoms with Gasteiger partial charge in [-0.25, -0.2) is 0 Å². The number of nitrogens with zero attached hydrogens (tertiary/aromatic N) is 2. The summed E-state index contributed by atoms with van der Waals surface area (Å²) in [7, 11) is 0. The van der Waals surface area contributed by atoms with Crippen LogP contribution in [-0.4, -0.2) is 54.6 Å². The summed E-state index contributed by atoms with van der Waals surface area (Å²) in [6.07, 6.45) is 0. The molecule has 0 aromatic carbocycles. The van der Waals surface area contributed by atoms with Gasteiger partial charge in [-0.15, -0.1) is 0 Å². The maximum atomic E-state index is 5.93. The van der Waals surface area contributed by atoms with E-state index in [1.807, 2.05) is 0 Å². The van der Waals surface area contributed by atoms with Gasteiger partial charge in [0.25, 0.3) is 0 Å². The average molecular weight is 213 g/mol. The standard InChI is InChI=1S/C12H27N3/c1-10(2)9-14-5-7-15(8-6-14)12(4)11(3)13/h10-12H,5-9,13H2,1-4H3. The minimum atomic E-state index is 0.279. The van der Waals surface area contributed by atoms with Crippen LogP contribution in [-0.2, 0) is 0 Å². The van der Waals surface area contributed by atoms with Crippen molar-refractivity contribution in [2.75, 3.05) is 32.7 Å². The molecule has 0 spiro atoms. The van der Waals surface area contributed by atoms with Gasteiger partial charge in [-0.1, -0.05) is 13.8 Å². The van der Waals surface area contributed by atoms with Crippen LogP contribution in [0.15, 0.2) is 0 Å². The van der Waals surface area contributed by atoms with Crippen molar-refractivity contribution in [3.63, 3.8) is 0 Å². The SMILES string of the molecule is CC(C)CN1CCN(C(C)C(C)N)CC1. The van der Waals surface area contributed by atoms with Crippen molar-refractivity contribution < 1.29 is 0 Å². The molecule has 1 heterocycles. The molecule has 1 saturated heterocycles. The lowest BCUT2D eigenvalue weighted by Gasteiger charge is -2.39. The lowest BCUT2D eigenvalue weighted by molar-refractivity contribution is 0.0874. The molecule has 0 amide bonds. The van der Waals surface area contributed by atoms with E-state index in [1.165, 1.54) is 32.7 Å². The highest BCUT2D eigenvalue weighted by Crippen LogP contribution is 2.09. The molecule has 2 atom stereocenters. The van der Waals surface area contributed by atoms with E-state index >= 15 is 0 Å². The van der Waals surface area contributed by atoms with Gasteiger partial charge in [0.15, 0.2) is 0 Å². The van der Waals surface area contributed by atoms with E-state index in [1.54, 1.807) is 0 Å². The second-order valence-corrected chi connectivity index (χ2v) is 5.33. The van der Waals surface area contributed by atoms with Crippen LogP contribution in [0.5, 0.6) is 0 Å². The first-order valence-corrected chi connectivity index (χ1v) is 6.22. The van der Waals surface area contributed by atoms with E-state index in [0.29, 0.717) is 6.04 Å². The highest BCUT2D eigenvalue weighted by atomic mass is 15.3. The molecule has 2 unspecified atom stereocenters. The van der Waals surface area contributed by atoms with E-state index in [9.17, 15) is 0 Å². The number of hydrogen-bond acceptors (Lipinski definition) is 3. The second-order valence-electron chi connectivity index (χ2n) is 5.33. The fourth-order valence-corrected chi connectivity index (χ4v) is 2.20. The van der Waals surface area contributed by atoms with Crippen LogP contribution in [0.4, 0.5) is 0 Å². The minimum absolute atomic E-state index is 0.279. The Balaban J connectivity index is 2.29. The summed E-state index contributed by atoms with van der Waals surface area (Å²) in [6.45, 7) is 14.9. The molecule has 0 bridgehead atoms. The van der Waals surface area contributed by atoms with Crippen LogP contribution in [0.1, 0.15) is 27.7 Å². The topological polar surface area (TPSA) is 32.5 Å². The Morgan fingerprint density at radius 3 is 1.93 bits per heavy atom. The lowest BCUT2D eigenvalue weighted by Crippen LogP contribution is -2.54. The van der Waals surface area contributed by atoms with Crippen LogP contribution in [0.2, 0.25) is 0 Å². The molecular formula is C12H27N3. The molecule has 3 nitrogen and oxygen atoms in total. The van der Waals surface area contributed by atoms with Crippen molar-refractivity contribution in [3.8, 4) is 0 Å². The fourth-order valence-electron chi connectivity index (χ4n) is 2.20. The molecule has 1 rings (SSSR count). The largest absolute Gasteiger partial charge is 0.327 e. The van der Waals surface area contributed by atoms with Gasteiger partial charge in [-0.3, -0.25) is 4.90 Å². The first-order valence-electron chi connectivity index (χ1n) is 6.22. The molecule has 0 aromatic heterocycles. The van der Waals surface area contributed by atoms with Gasteiger partial charge in [0.1, 0.15) is 0 Å². The van der Waals surface area contributed by atoms with Crippen molar-refractivity contribution in [1.29, 1.82) is 0 Å². The zero-order chi connectivity index (χ0) is 11.4. The maximum Gasteiger partial charge on any atom is 0.0217 e. The quantitative estimate of drug-likeness (QED) is 0.756. The highest BCUT2D eigenvalue weighted by molar-refractivity contribution is 4.80. The molecule has 90 valence electrons. The lowest BCUT2D eigenvalue weighted by atomic mass is 10.1. The van der Waals surface area contributed by atoms with Crippen molar-refractivity contribution >= 4 is 0 Å². The first kappa shape index (κ1) is 12.9. The van der Waals surface area contributed by atoms with Crippen molar-refractivity contribution in [2.24, 2.45) is 11.7 Å². The summed E-state index contributed by atoms with van der Waals surface area (Å²) < 4.78 is 0. The van der Waals surface area contributed by atoms with Crippen LogP contribution in [0.25, 0.3) is 0 Å². The third-order valence-electron chi connectivity index (χ3n) is 3.37. The molecule has 2 N–H and O–H groups in total. The zero-order valence-electron chi connectivity index (χ0n) is 10.7. The monoisotopic (exact) mass is 213 g/mol. The average Bonchev–Trinajstić information content (AvgIpc) is 2.17. The molecule has 1 fully saturated rings. The number of hydrogen-bond donors (Lipinski definition) is 1. The van der Waals surface area contributed by atoms with Crippen molar-refractivity contribution in [2.45, 2.75) is 39.8 Å². The highest BCUT2D eigenvalue weighted by Gasteiger charge is 2.22. The van der Waals surface area contributed by atoms with Gasteiger partial charge < -0.3 is 10.6 Å². The smallest absolute Gasteiger partial charge is 0.0217 e. The van der Waals surface area contributed by atoms with E-state index < -0.39 is 0 Å². The molecule has 1 aliphatic heterocycles. The molecule has 0 aliphatic carbocycles. The predicted molar refractivity (Wildman–Crippen MR) is 66.0 cm³/mol. The molecule has 1 aliphatic rings. The summed E-state index contributed by atoms with van der Waals surface area (Å²) in [5.41, 5.74) is 5.93. The fraction of sp³-hybridized carbons (Fsp3) is 1.00. The van der Waals surface area contributed by atoms with Gasteiger partial charge in [-0.2, -0.15) is 0 Å². The minimum Gasteiger partial charge on any atom is -0.327 e. The summed E-state index contributed by atoms with van der Waals surface area (Å²) in [5, 5.41) is 0. The summed E-state index contributed by atoms with van der Waals surface area (Å²) in [6, 6.07) is 0.799. The maximum absolute atomic E-state index is 5.93. The van der Waals surface area contributed by atoms with Gasteiger partial charge >= 0.3 is 0 Å². The third kappa shape index (κ3) is 4.09. The molecule has 3 heteroatoms. The Labute approximate surface area is 94.6 Å². The number of rotatable bonds is 4.